The summed E-state index contributed by atoms with van der Waals surface area (Å²) in [4.78, 5) is 11.6. The van der Waals surface area contributed by atoms with Crippen LogP contribution < -0.4 is 0 Å². The summed E-state index contributed by atoms with van der Waals surface area (Å²) in [5, 5.41) is 22.1. The van der Waals surface area contributed by atoms with Crippen molar-refractivity contribution < 1.29 is 5.11 Å². The molecule has 8 heteroatoms. The number of hydrogen-bond donors (Lipinski definition) is 2. The number of hydrogen-bond acceptors (Lipinski definition) is 6. The number of nitrogens with zero attached hydrogens (tertiary/aromatic N) is 6. The number of rotatable bonds is 7. The standard InChI is InChI=1S/C21H29N7O/c1-3-18(29)20-23-21(28(26-20)13-12-27-10-5-4-6-11-27)17-9-7-8-16(14-17)19-22-15(2)24-25-19/h7-9,14,18,29H,3-6,10-13H2,1-2H3,(H,22,24,25). The van der Waals surface area contributed by atoms with E-state index in [9.17, 15) is 5.11 Å². The van der Waals surface area contributed by atoms with Crippen LogP contribution in [0.2, 0.25) is 0 Å². The molecule has 1 saturated heterocycles. The lowest BCUT2D eigenvalue weighted by molar-refractivity contribution is 0.162. The van der Waals surface area contributed by atoms with Crippen molar-refractivity contribution >= 4 is 0 Å². The molecule has 154 valence electrons. The topological polar surface area (TPSA) is 95.8 Å². The lowest BCUT2D eigenvalue weighted by Crippen LogP contribution is -2.32. The van der Waals surface area contributed by atoms with Gasteiger partial charge in [-0.1, -0.05) is 31.5 Å². The van der Waals surface area contributed by atoms with Gasteiger partial charge in [-0.05, 0) is 45.3 Å². The molecular weight excluding hydrogens is 366 g/mol. The number of likely N-dealkylation sites (tertiary alicyclic amines) is 1. The Morgan fingerprint density at radius 1 is 1.10 bits per heavy atom. The fourth-order valence-electron chi connectivity index (χ4n) is 3.74. The number of aromatic amines is 1. The number of nitrogens with one attached hydrogen (secondary N) is 1. The summed E-state index contributed by atoms with van der Waals surface area (Å²) in [7, 11) is 0. The van der Waals surface area contributed by atoms with Crippen LogP contribution in [0.15, 0.2) is 24.3 Å². The van der Waals surface area contributed by atoms with Crippen LogP contribution in [-0.4, -0.2) is 59.6 Å². The van der Waals surface area contributed by atoms with Crippen LogP contribution in [0.4, 0.5) is 0 Å². The highest BCUT2D eigenvalue weighted by atomic mass is 16.3. The van der Waals surface area contributed by atoms with Gasteiger partial charge in [-0.15, -0.1) is 0 Å². The predicted octanol–water partition coefficient (Wildman–Crippen LogP) is 2.97. The first kappa shape index (κ1) is 19.7. The fourth-order valence-corrected chi connectivity index (χ4v) is 3.74. The lowest BCUT2D eigenvalue weighted by atomic mass is 10.1. The SMILES string of the molecule is CCC(O)c1nc(-c2cccc(-c3n[nH]c(C)n3)c2)n(CCN2CCCCC2)n1. The van der Waals surface area contributed by atoms with E-state index in [1.54, 1.807) is 0 Å². The van der Waals surface area contributed by atoms with E-state index in [0.29, 0.717) is 18.1 Å². The average molecular weight is 396 g/mol. The smallest absolute Gasteiger partial charge is 0.181 e. The van der Waals surface area contributed by atoms with Crippen molar-refractivity contribution in [1.82, 2.24) is 34.8 Å². The van der Waals surface area contributed by atoms with Gasteiger partial charge in [0.2, 0.25) is 0 Å². The Labute approximate surface area is 171 Å². The summed E-state index contributed by atoms with van der Waals surface area (Å²) in [6.07, 6.45) is 3.80. The largest absolute Gasteiger partial charge is 0.385 e. The second-order valence-electron chi connectivity index (χ2n) is 7.67. The van der Waals surface area contributed by atoms with Crippen molar-refractivity contribution in [2.75, 3.05) is 19.6 Å². The van der Waals surface area contributed by atoms with Crippen molar-refractivity contribution in [3.05, 3.63) is 35.9 Å². The van der Waals surface area contributed by atoms with Crippen molar-refractivity contribution in [1.29, 1.82) is 0 Å². The number of benzene rings is 1. The molecule has 0 saturated carbocycles. The van der Waals surface area contributed by atoms with Gasteiger partial charge in [0.1, 0.15) is 11.9 Å². The molecule has 3 heterocycles. The summed E-state index contributed by atoms with van der Waals surface area (Å²) < 4.78 is 1.94. The van der Waals surface area contributed by atoms with Gasteiger partial charge in [0.15, 0.2) is 17.5 Å². The van der Waals surface area contributed by atoms with Crippen LogP contribution in [0.3, 0.4) is 0 Å². The molecule has 0 bridgehead atoms. The van der Waals surface area contributed by atoms with Crippen LogP contribution >= 0.6 is 0 Å². The van der Waals surface area contributed by atoms with Gasteiger partial charge in [0, 0.05) is 17.7 Å². The summed E-state index contributed by atoms with van der Waals surface area (Å²) in [5.41, 5.74) is 1.88. The number of piperidine rings is 1. The Kier molecular flexibility index (Phi) is 6.01. The van der Waals surface area contributed by atoms with Crippen molar-refractivity contribution in [3.8, 4) is 22.8 Å². The first-order chi connectivity index (χ1) is 14.1. The van der Waals surface area contributed by atoms with E-state index in [1.807, 2.05) is 42.8 Å². The van der Waals surface area contributed by atoms with Gasteiger partial charge in [0.25, 0.3) is 0 Å². The van der Waals surface area contributed by atoms with Gasteiger partial charge in [-0.3, -0.25) is 5.10 Å². The van der Waals surface area contributed by atoms with E-state index in [2.05, 4.69) is 30.2 Å². The van der Waals surface area contributed by atoms with Crippen LogP contribution in [-0.2, 0) is 6.54 Å². The number of H-pyrrole nitrogens is 1. The number of aromatic nitrogens is 6. The minimum absolute atomic E-state index is 0.486. The molecule has 2 N–H and O–H groups in total. The molecule has 4 rings (SSSR count). The number of aryl methyl sites for hydroxylation is 1. The third kappa shape index (κ3) is 4.54. The summed E-state index contributed by atoms with van der Waals surface area (Å²) in [5.74, 6) is 2.71. The Morgan fingerprint density at radius 3 is 2.62 bits per heavy atom. The molecule has 3 aromatic rings. The van der Waals surface area contributed by atoms with Crippen LogP contribution in [0.5, 0.6) is 0 Å². The van der Waals surface area contributed by atoms with Gasteiger partial charge < -0.3 is 10.0 Å². The molecule has 2 aromatic heterocycles. The highest BCUT2D eigenvalue weighted by molar-refractivity contribution is 5.66. The molecule has 0 spiro atoms. The van der Waals surface area contributed by atoms with Gasteiger partial charge in [-0.25, -0.2) is 14.6 Å². The van der Waals surface area contributed by atoms with Gasteiger partial charge >= 0.3 is 0 Å². The normalized spacial score (nSPS) is 16.2. The zero-order valence-corrected chi connectivity index (χ0v) is 17.2. The molecule has 29 heavy (non-hydrogen) atoms. The number of aliphatic hydroxyl groups excluding tert-OH is 1. The fraction of sp³-hybridized carbons (Fsp3) is 0.524. The Morgan fingerprint density at radius 2 is 1.90 bits per heavy atom. The van der Waals surface area contributed by atoms with Crippen LogP contribution in [0, 0.1) is 6.92 Å². The molecule has 1 fully saturated rings. The van der Waals surface area contributed by atoms with E-state index < -0.39 is 6.10 Å². The molecular formula is C21H29N7O. The van der Waals surface area contributed by atoms with E-state index in [0.717, 1.165) is 49.0 Å². The van der Waals surface area contributed by atoms with Crippen molar-refractivity contribution in [2.24, 2.45) is 0 Å². The molecule has 1 unspecified atom stereocenters. The van der Waals surface area contributed by atoms with Crippen LogP contribution in [0.1, 0.15) is 50.4 Å². The van der Waals surface area contributed by atoms with E-state index in [4.69, 9.17) is 0 Å². The maximum absolute atomic E-state index is 10.3. The molecule has 0 aliphatic carbocycles. The minimum atomic E-state index is -0.649. The second kappa shape index (κ2) is 8.84. The third-order valence-corrected chi connectivity index (χ3v) is 5.43. The molecule has 0 radical (unpaired) electrons. The number of aliphatic hydroxyl groups is 1. The van der Waals surface area contributed by atoms with Crippen molar-refractivity contribution in [2.45, 2.75) is 52.2 Å². The van der Waals surface area contributed by atoms with E-state index in [-0.39, 0.29) is 0 Å². The predicted molar refractivity (Wildman–Crippen MR) is 111 cm³/mol. The summed E-state index contributed by atoms with van der Waals surface area (Å²) >= 11 is 0. The Bertz CT molecular complexity index is 942. The highest BCUT2D eigenvalue weighted by Crippen LogP contribution is 2.25. The minimum Gasteiger partial charge on any atom is -0.385 e. The van der Waals surface area contributed by atoms with Crippen molar-refractivity contribution in [3.63, 3.8) is 0 Å². The summed E-state index contributed by atoms with van der Waals surface area (Å²) in [6.45, 7) is 7.81. The molecule has 0 amide bonds. The zero-order valence-electron chi connectivity index (χ0n) is 17.2. The molecule has 1 aromatic carbocycles. The molecule has 1 atom stereocenters. The van der Waals surface area contributed by atoms with Gasteiger partial charge in [0.05, 0.1) is 6.54 Å². The first-order valence-corrected chi connectivity index (χ1v) is 10.5. The highest BCUT2D eigenvalue weighted by Gasteiger charge is 2.19. The Hall–Kier alpha value is -2.58. The lowest BCUT2D eigenvalue weighted by Gasteiger charge is -2.26. The maximum Gasteiger partial charge on any atom is 0.181 e. The second-order valence-corrected chi connectivity index (χ2v) is 7.67. The molecule has 1 aliphatic heterocycles. The summed E-state index contributed by atoms with van der Waals surface area (Å²) in [6, 6.07) is 8.02. The van der Waals surface area contributed by atoms with Crippen LogP contribution in [0.25, 0.3) is 22.8 Å². The zero-order chi connectivity index (χ0) is 20.2. The van der Waals surface area contributed by atoms with E-state index >= 15 is 0 Å². The van der Waals surface area contributed by atoms with E-state index in [1.165, 1.54) is 19.3 Å². The van der Waals surface area contributed by atoms with Gasteiger partial charge in [-0.2, -0.15) is 10.2 Å². The Balaban J connectivity index is 1.63. The third-order valence-electron chi connectivity index (χ3n) is 5.43. The average Bonchev–Trinajstić information content (AvgIpc) is 3.39. The monoisotopic (exact) mass is 395 g/mol. The first-order valence-electron chi connectivity index (χ1n) is 10.5. The maximum atomic E-state index is 10.3. The molecule has 1 aliphatic rings. The molecule has 8 nitrogen and oxygen atoms in total. The quantitative estimate of drug-likeness (QED) is 0.638.